The molecule has 1 heterocycles. The van der Waals surface area contributed by atoms with Crippen LogP contribution in [0.1, 0.15) is 28.3 Å². The van der Waals surface area contributed by atoms with Gasteiger partial charge in [0.25, 0.3) is 5.91 Å². The molecule has 4 nitrogen and oxygen atoms in total. The molecule has 1 amide bonds. The summed E-state index contributed by atoms with van der Waals surface area (Å²) in [4.78, 5) is 16.2. The number of benzene rings is 1. The number of aromatic nitrogens is 1. The van der Waals surface area contributed by atoms with Gasteiger partial charge in [0.2, 0.25) is 0 Å². The van der Waals surface area contributed by atoms with Gasteiger partial charge in [-0.25, -0.2) is 4.98 Å². The van der Waals surface area contributed by atoms with Crippen LogP contribution in [0.4, 0.5) is 5.69 Å². The molecule has 6 heteroatoms. The van der Waals surface area contributed by atoms with Crippen LogP contribution >= 0.6 is 27.3 Å². The number of halogens is 1. The molecule has 1 unspecified atom stereocenters. The second kappa shape index (κ2) is 5.49. The third-order valence-corrected chi connectivity index (χ3v) is 3.77. The zero-order valence-electron chi connectivity index (χ0n) is 9.68. The monoisotopic (exact) mass is 325 g/mol. The van der Waals surface area contributed by atoms with Crippen LogP contribution in [0.25, 0.3) is 0 Å². The van der Waals surface area contributed by atoms with E-state index in [4.69, 9.17) is 5.73 Å². The van der Waals surface area contributed by atoms with Crippen LogP contribution in [0.2, 0.25) is 0 Å². The Hall–Kier alpha value is -1.40. The number of carbonyl (C=O) groups is 1. The van der Waals surface area contributed by atoms with Gasteiger partial charge in [-0.2, -0.15) is 0 Å². The van der Waals surface area contributed by atoms with Gasteiger partial charge >= 0.3 is 0 Å². The summed E-state index contributed by atoms with van der Waals surface area (Å²) < 4.78 is 0.787. The van der Waals surface area contributed by atoms with Crippen molar-refractivity contribution in [3.8, 4) is 0 Å². The summed E-state index contributed by atoms with van der Waals surface area (Å²) in [7, 11) is 0. The SMILES string of the molecule is CC(NC(=O)c1cc(N)cc(Br)c1)c1nccs1. The Bertz CT molecular complexity index is 536. The summed E-state index contributed by atoms with van der Waals surface area (Å²) >= 11 is 4.83. The molecule has 2 rings (SSSR count). The number of nitrogens with one attached hydrogen (secondary N) is 1. The fourth-order valence-corrected chi connectivity index (χ4v) is 2.69. The summed E-state index contributed by atoms with van der Waals surface area (Å²) in [6.45, 7) is 1.90. The highest BCUT2D eigenvalue weighted by atomic mass is 79.9. The van der Waals surface area contributed by atoms with E-state index in [1.54, 1.807) is 24.4 Å². The van der Waals surface area contributed by atoms with Gasteiger partial charge in [-0.15, -0.1) is 11.3 Å². The van der Waals surface area contributed by atoms with E-state index in [0.717, 1.165) is 9.48 Å². The van der Waals surface area contributed by atoms with E-state index >= 15 is 0 Å². The highest BCUT2D eigenvalue weighted by Crippen LogP contribution is 2.19. The molecule has 0 aliphatic carbocycles. The van der Waals surface area contributed by atoms with Crippen molar-refractivity contribution in [2.24, 2.45) is 0 Å². The second-order valence-corrected chi connectivity index (χ2v) is 5.68. The summed E-state index contributed by atoms with van der Waals surface area (Å²) in [6, 6.07) is 5.02. The lowest BCUT2D eigenvalue weighted by Crippen LogP contribution is -2.26. The van der Waals surface area contributed by atoms with Crippen LogP contribution < -0.4 is 11.1 Å². The standard InChI is InChI=1S/C12H12BrN3OS/c1-7(12-15-2-3-18-12)16-11(17)8-4-9(13)6-10(14)5-8/h2-7H,14H2,1H3,(H,16,17). The Morgan fingerprint density at radius 1 is 1.50 bits per heavy atom. The highest BCUT2D eigenvalue weighted by Gasteiger charge is 2.13. The van der Waals surface area contributed by atoms with Crippen LogP contribution in [0.15, 0.2) is 34.2 Å². The van der Waals surface area contributed by atoms with Crippen molar-refractivity contribution in [1.29, 1.82) is 0 Å². The molecule has 1 aromatic carbocycles. The van der Waals surface area contributed by atoms with Crippen molar-refractivity contribution in [2.75, 3.05) is 5.73 Å². The topological polar surface area (TPSA) is 68.0 Å². The van der Waals surface area contributed by atoms with Crippen molar-refractivity contribution in [1.82, 2.24) is 10.3 Å². The molecule has 94 valence electrons. The molecular formula is C12H12BrN3OS. The van der Waals surface area contributed by atoms with Crippen LogP contribution in [0.5, 0.6) is 0 Å². The highest BCUT2D eigenvalue weighted by molar-refractivity contribution is 9.10. The molecule has 1 aromatic heterocycles. The minimum absolute atomic E-state index is 0.113. The molecule has 0 aliphatic heterocycles. The van der Waals surface area contributed by atoms with Gasteiger partial charge in [-0.1, -0.05) is 15.9 Å². The Balaban J connectivity index is 2.12. The van der Waals surface area contributed by atoms with E-state index in [1.165, 1.54) is 11.3 Å². The Morgan fingerprint density at radius 2 is 2.28 bits per heavy atom. The average Bonchev–Trinajstić information content (AvgIpc) is 2.80. The third-order valence-electron chi connectivity index (χ3n) is 2.35. The molecule has 2 aromatic rings. The maximum absolute atomic E-state index is 12.0. The number of rotatable bonds is 3. The van der Waals surface area contributed by atoms with Gasteiger partial charge in [0.1, 0.15) is 5.01 Å². The number of nitrogens with zero attached hydrogens (tertiary/aromatic N) is 1. The summed E-state index contributed by atoms with van der Waals surface area (Å²) in [6.07, 6.45) is 1.72. The molecular weight excluding hydrogens is 314 g/mol. The molecule has 0 aliphatic rings. The average molecular weight is 326 g/mol. The van der Waals surface area contributed by atoms with Gasteiger partial charge in [0, 0.05) is 27.3 Å². The predicted octanol–water partition coefficient (Wildman–Crippen LogP) is 2.98. The summed E-state index contributed by atoms with van der Waals surface area (Å²) in [5, 5.41) is 5.65. The van der Waals surface area contributed by atoms with Gasteiger partial charge in [-0.3, -0.25) is 4.79 Å². The van der Waals surface area contributed by atoms with E-state index in [9.17, 15) is 4.79 Å². The third kappa shape index (κ3) is 3.08. The fraction of sp³-hybridized carbons (Fsp3) is 0.167. The number of anilines is 1. The van der Waals surface area contributed by atoms with Crippen LogP contribution in [-0.2, 0) is 0 Å². The lowest BCUT2D eigenvalue weighted by Gasteiger charge is -2.11. The Labute approximate surface area is 117 Å². The van der Waals surface area contributed by atoms with Crippen molar-refractivity contribution < 1.29 is 4.79 Å². The second-order valence-electron chi connectivity index (χ2n) is 3.84. The quantitative estimate of drug-likeness (QED) is 0.852. The fourth-order valence-electron chi connectivity index (χ4n) is 1.53. The smallest absolute Gasteiger partial charge is 0.251 e. The number of amides is 1. The van der Waals surface area contributed by atoms with E-state index in [0.29, 0.717) is 11.3 Å². The van der Waals surface area contributed by atoms with Gasteiger partial charge in [0.05, 0.1) is 6.04 Å². The number of thiazole rings is 1. The van der Waals surface area contributed by atoms with Crippen molar-refractivity contribution in [2.45, 2.75) is 13.0 Å². The molecule has 1 atom stereocenters. The minimum Gasteiger partial charge on any atom is -0.399 e. The number of hydrogen-bond donors (Lipinski definition) is 2. The first-order chi connectivity index (χ1) is 8.56. The first-order valence-electron chi connectivity index (χ1n) is 5.32. The van der Waals surface area contributed by atoms with Gasteiger partial charge < -0.3 is 11.1 Å². The molecule has 0 radical (unpaired) electrons. The van der Waals surface area contributed by atoms with Crippen LogP contribution in [-0.4, -0.2) is 10.9 Å². The maximum Gasteiger partial charge on any atom is 0.251 e. The number of nitrogens with two attached hydrogens (primary N) is 1. The van der Waals surface area contributed by atoms with Crippen molar-refractivity contribution in [3.05, 3.63) is 44.8 Å². The Morgan fingerprint density at radius 3 is 2.89 bits per heavy atom. The summed E-state index contributed by atoms with van der Waals surface area (Å²) in [5.74, 6) is -0.161. The lowest BCUT2D eigenvalue weighted by atomic mass is 10.2. The molecule has 3 N–H and O–H groups in total. The lowest BCUT2D eigenvalue weighted by molar-refractivity contribution is 0.0940. The maximum atomic E-state index is 12.0. The van der Waals surface area contributed by atoms with E-state index in [2.05, 4.69) is 26.2 Å². The molecule has 0 bridgehead atoms. The van der Waals surface area contributed by atoms with Crippen LogP contribution in [0, 0.1) is 0 Å². The van der Waals surface area contributed by atoms with E-state index in [-0.39, 0.29) is 11.9 Å². The normalized spacial score (nSPS) is 12.1. The number of hydrogen-bond acceptors (Lipinski definition) is 4. The van der Waals surface area contributed by atoms with Crippen molar-refractivity contribution in [3.63, 3.8) is 0 Å². The van der Waals surface area contributed by atoms with E-state index < -0.39 is 0 Å². The molecule has 0 saturated carbocycles. The van der Waals surface area contributed by atoms with E-state index in [1.807, 2.05) is 12.3 Å². The first kappa shape index (κ1) is 13.0. The van der Waals surface area contributed by atoms with Crippen LogP contribution in [0.3, 0.4) is 0 Å². The molecule has 18 heavy (non-hydrogen) atoms. The minimum atomic E-state index is -0.161. The molecule has 0 saturated heterocycles. The molecule has 0 spiro atoms. The predicted molar refractivity (Wildman–Crippen MR) is 76.5 cm³/mol. The number of carbonyl (C=O) groups excluding carboxylic acids is 1. The summed E-state index contributed by atoms with van der Waals surface area (Å²) in [5.41, 5.74) is 6.79. The largest absolute Gasteiger partial charge is 0.399 e. The zero-order valence-corrected chi connectivity index (χ0v) is 12.1. The number of nitrogen functional groups attached to an aromatic ring is 1. The van der Waals surface area contributed by atoms with Gasteiger partial charge in [0.15, 0.2) is 0 Å². The first-order valence-corrected chi connectivity index (χ1v) is 7.00. The zero-order chi connectivity index (χ0) is 13.1. The van der Waals surface area contributed by atoms with Crippen molar-refractivity contribution >= 4 is 38.9 Å². The molecule has 0 fully saturated rings. The van der Waals surface area contributed by atoms with Gasteiger partial charge in [-0.05, 0) is 25.1 Å². The Kier molecular flexibility index (Phi) is 3.98.